The molecule has 2 N–H and O–H groups in total. The highest BCUT2D eigenvalue weighted by Crippen LogP contribution is 2.29. The van der Waals surface area contributed by atoms with E-state index in [0.29, 0.717) is 22.6 Å². The van der Waals surface area contributed by atoms with Crippen molar-refractivity contribution in [2.45, 2.75) is 13.8 Å². The third-order valence-corrected chi connectivity index (χ3v) is 3.17. The molecule has 0 fully saturated rings. The lowest BCUT2D eigenvalue weighted by Gasteiger charge is -2.06. The number of carboxylic acids is 1. The van der Waals surface area contributed by atoms with Gasteiger partial charge in [0, 0.05) is 11.8 Å². The number of aromatic amines is 1. The molecule has 0 radical (unpaired) electrons. The summed E-state index contributed by atoms with van der Waals surface area (Å²) in [6.45, 7) is 3.78. The van der Waals surface area contributed by atoms with Crippen molar-refractivity contribution in [3.8, 4) is 11.3 Å². The van der Waals surface area contributed by atoms with E-state index in [9.17, 15) is 9.90 Å². The highest BCUT2D eigenvalue weighted by atomic mass is 16.4. The fraction of sp³-hybridized carbons (Fsp3) is 0.133. The number of H-pyrrole nitrogens is 1. The number of nitrogens with zero attached hydrogens (tertiary/aromatic N) is 2. The molecule has 3 rings (SSSR count). The fourth-order valence-corrected chi connectivity index (χ4v) is 2.31. The second kappa shape index (κ2) is 4.45. The van der Waals surface area contributed by atoms with Gasteiger partial charge in [-0.2, -0.15) is 0 Å². The molecule has 0 saturated carbocycles. The molecule has 100 valence electrons. The number of aromatic nitrogens is 3. The summed E-state index contributed by atoms with van der Waals surface area (Å²) in [4.78, 5) is 22.9. The second-order valence-corrected chi connectivity index (χ2v) is 4.72. The number of aryl methyl sites for hydroxylation is 2. The first kappa shape index (κ1) is 12.3. The smallest absolute Gasteiger partial charge is 0.338 e. The van der Waals surface area contributed by atoms with E-state index in [-0.39, 0.29) is 5.56 Å². The molecule has 0 bridgehead atoms. The number of aromatic carboxylic acids is 1. The third kappa shape index (κ3) is 1.93. The first-order chi connectivity index (χ1) is 9.56. The number of rotatable bonds is 2. The summed E-state index contributed by atoms with van der Waals surface area (Å²) in [6.07, 6.45) is 1.46. The summed E-state index contributed by atoms with van der Waals surface area (Å²) in [7, 11) is 0. The van der Waals surface area contributed by atoms with E-state index in [0.717, 1.165) is 11.1 Å². The van der Waals surface area contributed by atoms with E-state index < -0.39 is 5.97 Å². The van der Waals surface area contributed by atoms with Crippen LogP contribution in [0.3, 0.4) is 0 Å². The molecular formula is C15H13N3O2. The molecule has 0 spiro atoms. The normalized spacial score (nSPS) is 10.9. The van der Waals surface area contributed by atoms with Gasteiger partial charge in [0.15, 0.2) is 0 Å². The molecule has 2 aromatic heterocycles. The first-order valence-electron chi connectivity index (χ1n) is 6.22. The van der Waals surface area contributed by atoms with E-state index in [1.54, 1.807) is 6.92 Å². The van der Waals surface area contributed by atoms with Crippen molar-refractivity contribution in [1.29, 1.82) is 0 Å². The number of carboxylic acid groups (broad SMARTS) is 1. The minimum Gasteiger partial charge on any atom is -0.478 e. The molecule has 3 aromatic rings. The lowest BCUT2D eigenvalue weighted by atomic mass is 10.0. The molecule has 5 heteroatoms. The molecule has 0 unspecified atom stereocenters. The molecule has 20 heavy (non-hydrogen) atoms. The largest absolute Gasteiger partial charge is 0.478 e. The zero-order valence-corrected chi connectivity index (χ0v) is 11.1. The molecule has 0 aliphatic rings. The van der Waals surface area contributed by atoms with Gasteiger partial charge in [0.25, 0.3) is 0 Å². The third-order valence-electron chi connectivity index (χ3n) is 3.17. The van der Waals surface area contributed by atoms with Crippen molar-refractivity contribution < 1.29 is 9.90 Å². The summed E-state index contributed by atoms with van der Waals surface area (Å²) in [5, 5.41) is 9.84. The van der Waals surface area contributed by atoms with Crippen molar-refractivity contribution in [1.82, 2.24) is 15.0 Å². The van der Waals surface area contributed by atoms with E-state index in [1.165, 1.54) is 6.20 Å². The standard InChI is InChI=1S/C15H13N3O2/c1-8-4-3-5-10(6-8)13-12-11(15(19)20)7-16-14(12)18-9(2)17-13/h3-7H,1-2H3,(H,19,20)(H,16,17,18). The molecule has 5 nitrogen and oxygen atoms in total. The summed E-state index contributed by atoms with van der Waals surface area (Å²) < 4.78 is 0. The SMILES string of the molecule is Cc1cccc(-c2nc(C)nc3[nH]cc(C(=O)O)c23)c1. The van der Waals surface area contributed by atoms with Crippen molar-refractivity contribution in [2.24, 2.45) is 0 Å². The van der Waals surface area contributed by atoms with Gasteiger partial charge in [0.2, 0.25) is 0 Å². The van der Waals surface area contributed by atoms with Gasteiger partial charge < -0.3 is 10.1 Å². The molecule has 0 atom stereocenters. The van der Waals surface area contributed by atoms with Gasteiger partial charge >= 0.3 is 5.97 Å². The number of nitrogens with one attached hydrogen (secondary N) is 1. The van der Waals surface area contributed by atoms with Crippen LogP contribution in [0.2, 0.25) is 0 Å². The first-order valence-corrected chi connectivity index (χ1v) is 6.22. The van der Waals surface area contributed by atoms with Crippen molar-refractivity contribution in [3.63, 3.8) is 0 Å². The number of benzene rings is 1. The Kier molecular flexibility index (Phi) is 2.75. The van der Waals surface area contributed by atoms with E-state index in [2.05, 4.69) is 15.0 Å². The monoisotopic (exact) mass is 267 g/mol. The van der Waals surface area contributed by atoms with E-state index in [4.69, 9.17) is 0 Å². The number of hydrogen-bond acceptors (Lipinski definition) is 3. The van der Waals surface area contributed by atoms with Crippen LogP contribution in [0.15, 0.2) is 30.5 Å². The van der Waals surface area contributed by atoms with Gasteiger partial charge in [-0.05, 0) is 19.9 Å². The van der Waals surface area contributed by atoms with Gasteiger partial charge in [0.1, 0.15) is 11.5 Å². The zero-order valence-electron chi connectivity index (χ0n) is 11.1. The Bertz CT molecular complexity index is 821. The van der Waals surface area contributed by atoms with E-state index in [1.807, 2.05) is 31.2 Å². The summed E-state index contributed by atoms with van der Waals surface area (Å²) in [6, 6.07) is 7.83. The predicted octanol–water partition coefficient (Wildman–Crippen LogP) is 2.94. The fourth-order valence-electron chi connectivity index (χ4n) is 2.31. The maximum absolute atomic E-state index is 11.3. The molecule has 0 saturated heterocycles. The number of hydrogen-bond donors (Lipinski definition) is 2. The molecule has 0 amide bonds. The van der Waals surface area contributed by atoms with Crippen molar-refractivity contribution in [2.75, 3.05) is 0 Å². The highest BCUT2D eigenvalue weighted by molar-refractivity contribution is 6.07. The van der Waals surface area contributed by atoms with Crippen LogP contribution in [0.25, 0.3) is 22.3 Å². The van der Waals surface area contributed by atoms with Gasteiger partial charge in [-0.15, -0.1) is 0 Å². The number of carbonyl (C=O) groups is 1. The molecule has 1 aromatic carbocycles. The maximum Gasteiger partial charge on any atom is 0.338 e. The summed E-state index contributed by atoms with van der Waals surface area (Å²) in [5.74, 6) is -0.384. The Hall–Kier alpha value is -2.69. The average Bonchev–Trinajstić information content (AvgIpc) is 2.81. The van der Waals surface area contributed by atoms with Crippen molar-refractivity contribution in [3.05, 3.63) is 47.4 Å². The summed E-state index contributed by atoms with van der Waals surface area (Å²) >= 11 is 0. The van der Waals surface area contributed by atoms with Crippen LogP contribution in [-0.4, -0.2) is 26.0 Å². The Balaban J connectivity index is 2.39. The minimum absolute atomic E-state index is 0.191. The van der Waals surface area contributed by atoms with E-state index >= 15 is 0 Å². The van der Waals surface area contributed by atoms with Gasteiger partial charge in [-0.25, -0.2) is 14.8 Å². The summed E-state index contributed by atoms with van der Waals surface area (Å²) in [5.41, 5.74) is 3.37. The zero-order chi connectivity index (χ0) is 14.3. The van der Waals surface area contributed by atoms with Gasteiger partial charge in [-0.1, -0.05) is 23.8 Å². The Labute approximate surface area is 115 Å². The Morgan fingerprint density at radius 2 is 2.05 bits per heavy atom. The van der Waals surface area contributed by atoms with Gasteiger partial charge in [0.05, 0.1) is 16.6 Å². The quantitative estimate of drug-likeness (QED) is 0.748. The van der Waals surface area contributed by atoms with Crippen LogP contribution in [0.5, 0.6) is 0 Å². The van der Waals surface area contributed by atoms with Crippen LogP contribution < -0.4 is 0 Å². The van der Waals surface area contributed by atoms with Crippen molar-refractivity contribution >= 4 is 17.0 Å². The number of fused-ring (bicyclic) bond motifs is 1. The topological polar surface area (TPSA) is 78.9 Å². The average molecular weight is 267 g/mol. The van der Waals surface area contributed by atoms with Crippen LogP contribution in [0, 0.1) is 13.8 Å². The highest BCUT2D eigenvalue weighted by Gasteiger charge is 2.18. The van der Waals surface area contributed by atoms with Crippen LogP contribution in [-0.2, 0) is 0 Å². The molecule has 0 aliphatic heterocycles. The van der Waals surface area contributed by atoms with Crippen LogP contribution in [0.1, 0.15) is 21.7 Å². The Morgan fingerprint density at radius 1 is 1.25 bits per heavy atom. The lowest BCUT2D eigenvalue weighted by molar-refractivity contribution is 0.0699. The molecular weight excluding hydrogens is 254 g/mol. The molecule has 0 aliphatic carbocycles. The second-order valence-electron chi connectivity index (χ2n) is 4.72. The van der Waals surface area contributed by atoms with Gasteiger partial charge in [-0.3, -0.25) is 0 Å². The van der Waals surface area contributed by atoms with Crippen LogP contribution in [0.4, 0.5) is 0 Å². The Morgan fingerprint density at radius 3 is 2.75 bits per heavy atom. The predicted molar refractivity (Wildman–Crippen MR) is 75.8 cm³/mol. The minimum atomic E-state index is -0.988. The lowest BCUT2D eigenvalue weighted by Crippen LogP contribution is -1.98. The molecule has 2 heterocycles. The van der Waals surface area contributed by atoms with Crippen LogP contribution >= 0.6 is 0 Å². The maximum atomic E-state index is 11.3.